The normalized spacial score (nSPS) is 19.7. The van der Waals surface area contributed by atoms with Crippen molar-refractivity contribution in [2.45, 2.75) is 52.9 Å². The second kappa shape index (κ2) is 11.5. The first-order chi connectivity index (χ1) is 14.7. The van der Waals surface area contributed by atoms with Crippen LogP contribution in [0.15, 0.2) is 58.5 Å². The number of allylic oxidation sites excluding steroid dienone is 7. The van der Waals surface area contributed by atoms with E-state index in [1.165, 1.54) is 12.0 Å². The van der Waals surface area contributed by atoms with Crippen LogP contribution in [0.4, 0.5) is 0 Å². The Morgan fingerprint density at radius 3 is 2.48 bits per heavy atom. The lowest BCUT2D eigenvalue weighted by Crippen LogP contribution is -2.58. The average Bonchev–Trinajstić information content (AvgIpc) is 2.73. The van der Waals surface area contributed by atoms with E-state index in [1.54, 1.807) is 0 Å². The second-order valence-corrected chi connectivity index (χ2v) is 9.29. The highest BCUT2D eigenvalue weighted by Crippen LogP contribution is 2.32. The molecule has 1 aliphatic heterocycles. The van der Waals surface area contributed by atoms with Crippen molar-refractivity contribution in [1.82, 2.24) is 15.5 Å². The molecule has 2 aliphatic rings. The Hall–Kier alpha value is -2.11. The van der Waals surface area contributed by atoms with Crippen molar-refractivity contribution in [1.29, 1.82) is 5.41 Å². The van der Waals surface area contributed by atoms with E-state index in [1.807, 2.05) is 13.1 Å². The van der Waals surface area contributed by atoms with Crippen LogP contribution in [0.25, 0.3) is 0 Å². The molecule has 0 unspecified atom stereocenters. The maximum Gasteiger partial charge on any atom is 0.0661 e. The van der Waals surface area contributed by atoms with E-state index >= 15 is 0 Å². The van der Waals surface area contributed by atoms with Crippen molar-refractivity contribution >= 4 is 5.71 Å². The smallest absolute Gasteiger partial charge is 0.0661 e. The van der Waals surface area contributed by atoms with Crippen LogP contribution in [0.2, 0.25) is 0 Å². The van der Waals surface area contributed by atoms with Crippen LogP contribution in [0.5, 0.6) is 0 Å². The van der Waals surface area contributed by atoms with Crippen LogP contribution in [0.1, 0.15) is 52.9 Å². The Morgan fingerprint density at radius 1 is 1.29 bits per heavy atom. The van der Waals surface area contributed by atoms with E-state index in [9.17, 15) is 0 Å². The fourth-order valence-corrected chi connectivity index (χ4v) is 4.56. The topological polar surface area (TPSA) is 77.2 Å². The zero-order valence-corrected chi connectivity index (χ0v) is 20.3. The predicted octanol–water partition coefficient (Wildman–Crippen LogP) is 4.28. The van der Waals surface area contributed by atoms with Crippen LogP contribution in [0.3, 0.4) is 0 Å². The SMILES string of the molecule is C=C(N)/C(=C/C(C(=N)C1=CC=C(CCC)CC1)=C(\C)NCC1(CC)CN(C)C1)CNC. The molecule has 1 heterocycles. The standard InChI is InChI=1S/C26H43N5/c1-7-9-21-10-12-22(13-11-21)25(28)24(14-23(15-29-5)19(3)27)20(4)30-16-26(8-2)17-31(6)18-26/h10,12,14,28-30H,3,7-9,11,13,15-18,27H2,1-2,4-6H3/b23-14+,24-20-,28-25?. The van der Waals surface area contributed by atoms with Crippen LogP contribution < -0.4 is 16.4 Å². The van der Waals surface area contributed by atoms with Crippen molar-refractivity contribution in [3.63, 3.8) is 0 Å². The van der Waals surface area contributed by atoms with Gasteiger partial charge in [0.1, 0.15) is 0 Å². The number of nitrogens with two attached hydrogens (primary N) is 1. The highest BCUT2D eigenvalue weighted by atomic mass is 15.2. The molecule has 5 N–H and O–H groups in total. The summed E-state index contributed by atoms with van der Waals surface area (Å²) in [5.41, 5.74) is 13.0. The molecule has 0 aromatic carbocycles. The summed E-state index contributed by atoms with van der Waals surface area (Å²) in [5.74, 6) is 0. The molecular weight excluding hydrogens is 382 g/mol. The maximum atomic E-state index is 9.04. The van der Waals surface area contributed by atoms with Gasteiger partial charge < -0.3 is 21.3 Å². The number of likely N-dealkylation sites (N-methyl/N-ethyl adjacent to an activating group) is 1. The maximum absolute atomic E-state index is 9.04. The molecule has 0 atom stereocenters. The molecule has 0 bridgehead atoms. The van der Waals surface area contributed by atoms with E-state index in [4.69, 9.17) is 11.1 Å². The largest absolute Gasteiger partial charge is 0.399 e. The van der Waals surface area contributed by atoms with Crippen molar-refractivity contribution in [2.75, 3.05) is 40.3 Å². The molecule has 5 heteroatoms. The Bertz CT molecular complexity index is 791. The van der Waals surface area contributed by atoms with Gasteiger partial charge in [0, 0.05) is 48.6 Å². The molecule has 0 saturated carbocycles. The number of nitrogens with one attached hydrogen (secondary N) is 3. The molecule has 0 radical (unpaired) electrons. The van der Waals surface area contributed by atoms with E-state index in [0.717, 1.165) is 67.7 Å². The third kappa shape index (κ3) is 6.68. The van der Waals surface area contributed by atoms with E-state index in [2.05, 4.69) is 62.1 Å². The van der Waals surface area contributed by atoms with Gasteiger partial charge in [-0.2, -0.15) is 0 Å². The third-order valence-electron chi connectivity index (χ3n) is 6.59. The lowest BCUT2D eigenvalue weighted by molar-refractivity contribution is 0.0213. The molecule has 1 fully saturated rings. The zero-order chi connectivity index (χ0) is 23.0. The number of likely N-dealkylation sites (tertiary alicyclic amines) is 1. The Labute approximate surface area is 189 Å². The van der Waals surface area contributed by atoms with Crippen molar-refractivity contribution < 1.29 is 0 Å². The number of hydrogen-bond donors (Lipinski definition) is 4. The van der Waals surface area contributed by atoms with E-state index in [0.29, 0.717) is 23.4 Å². The number of rotatable bonds is 12. The fraction of sp³-hybridized carbons (Fsp3) is 0.577. The lowest BCUT2D eigenvalue weighted by atomic mass is 9.77. The van der Waals surface area contributed by atoms with Crippen molar-refractivity contribution in [3.8, 4) is 0 Å². The van der Waals surface area contributed by atoms with Crippen LogP contribution in [-0.4, -0.2) is 50.9 Å². The van der Waals surface area contributed by atoms with Gasteiger partial charge in [0.15, 0.2) is 0 Å². The highest BCUT2D eigenvalue weighted by molar-refractivity contribution is 6.13. The minimum absolute atomic E-state index is 0.320. The molecular formula is C26H43N5. The second-order valence-electron chi connectivity index (χ2n) is 9.29. The minimum atomic E-state index is 0.320. The van der Waals surface area contributed by atoms with Gasteiger partial charge in [-0.1, -0.05) is 44.6 Å². The first-order valence-electron chi connectivity index (χ1n) is 11.7. The summed E-state index contributed by atoms with van der Waals surface area (Å²) in [6.45, 7) is 14.3. The molecule has 1 saturated heterocycles. The van der Waals surface area contributed by atoms with Crippen molar-refractivity contribution in [3.05, 3.63) is 58.5 Å². The molecule has 0 aromatic heterocycles. The molecule has 31 heavy (non-hydrogen) atoms. The summed E-state index contributed by atoms with van der Waals surface area (Å²) in [6.07, 6.45) is 11.8. The van der Waals surface area contributed by atoms with Crippen LogP contribution in [0, 0.1) is 10.8 Å². The first-order valence-corrected chi connectivity index (χ1v) is 11.7. The average molecular weight is 426 g/mol. The molecule has 0 amide bonds. The van der Waals surface area contributed by atoms with Gasteiger partial charge in [-0.05, 0) is 63.9 Å². The van der Waals surface area contributed by atoms with Gasteiger partial charge in [0.05, 0.1) is 5.71 Å². The molecule has 0 spiro atoms. The molecule has 172 valence electrons. The van der Waals surface area contributed by atoms with Gasteiger partial charge in [-0.25, -0.2) is 0 Å². The van der Waals surface area contributed by atoms with Crippen LogP contribution in [-0.2, 0) is 0 Å². The predicted molar refractivity (Wildman–Crippen MR) is 134 cm³/mol. The monoisotopic (exact) mass is 425 g/mol. The van der Waals surface area contributed by atoms with Gasteiger partial charge >= 0.3 is 0 Å². The summed E-state index contributed by atoms with van der Waals surface area (Å²) in [7, 11) is 4.08. The molecule has 0 aromatic rings. The summed E-state index contributed by atoms with van der Waals surface area (Å²) in [5, 5.41) is 15.9. The van der Waals surface area contributed by atoms with Gasteiger partial charge in [0.2, 0.25) is 0 Å². The molecule has 1 aliphatic carbocycles. The molecule has 5 nitrogen and oxygen atoms in total. The summed E-state index contributed by atoms with van der Waals surface area (Å²) in [6, 6.07) is 0. The fourth-order valence-electron chi connectivity index (χ4n) is 4.56. The van der Waals surface area contributed by atoms with E-state index < -0.39 is 0 Å². The quantitative estimate of drug-likeness (QED) is 0.278. The Morgan fingerprint density at radius 2 is 2.00 bits per heavy atom. The van der Waals surface area contributed by atoms with E-state index in [-0.39, 0.29) is 0 Å². The van der Waals surface area contributed by atoms with Crippen molar-refractivity contribution in [2.24, 2.45) is 11.1 Å². The Kier molecular flexibility index (Phi) is 9.32. The lowest BCUT2D eigenvalue weighted by Gasteiger charge is -2.48. The van der Waals surface area contributed by atoms with Gasteiger partial charge in [-0.15, -0.1) is 0 Å². The number of hydrogen-bond acceptors (Lipinski definition) is 5. The third-order valence-corrected chi connectivity index (χ3v) is 6.59. The van der Waals surface area contributed by atoms with Gasteiger partial charge in [0.25, 0.3) is 0 Å². The van der Waals surface area contributed by atoms with Gasteiger partial charge in [-0.3, -0.25) is 5.41 Å². The summed E-state index contributed by atoms with van der Waals surface area (Å²) >= 11 is 0. The molecule has 2 rings (SSSR count). The van der Waals surface area contributed by atoms with Crippen LogP contribution >= 0.6 is 0 Å². The minimum Gasteiger partial charge on any atom is -0.399 e. The summed E-state index contributed by atoms with van der Waals surface area (Å²) in [4.78, 5) is 2.36. The highest BCUT2D eigenvalue weighted by Gasteiger charge is 2.39. The summed E-state index contributed by atoms with van der Waals surface area (Å²) < 4.78 is 0. The first kappa shape index (κ1) is 25.2. The Balaban J connectivity index is 2.33. The zero-order valence-electron chi connectivity index (χ0n) is 20.3. The number of nitrogens with zero attached hydrogens (tertiary/aromatic N) is 1.